The molecule has 0 amide bonds. The topological polar surface area (TPSA) is 56.0 Å². The van der Waals surface area contributed by atoms with Gasteiger partial charge in [-0.2, -0.15) is 0 Å². The van der Waals surface area contributed by atoms with Gasteiger partial charge < -0.3 is 5.73 Å². The van der Waals surface area contributed by atoms with Crippen LogP contribution >= 0.6 is 24.0 Å². The lowest BCUT2D eigenvalue weighted by molar-refractivity contribution is 0.112. The molecule has 0 saturated heterocycles. The molecule has 0 fully saturated rings. The molecule has 0 aliphatic carbocycles. The number of hydrogen-bond acceptors (Lipinski definition) is 3. The summed E-state index contributed by atoms with van der Waals surface area (Å²) in [5.74, 6) is 0. The number of pyridine rings is 1. The zero-order valence-corrected chi connectivity index (χ0v) is 7.02. The molecule has 3 nitrogen and oxygen atoms in total. The minimum Gasteiger partial charge on any atom is -0.397 e. The van der Waals surface area contributed by atoms with Gasteiger partial charge in [-0.05, 0) is 12.1 Å². The van der Waals surface area contributed by atoms with Gasteiger partial charge in [-0.3, -0.25) is 4.79 Å². The molecule has 0 aromatic carbocycles. The van der Waals surface area contributed by atoms with Gasteiger partial charge in [-0.1, -0.05) is 11.6 Å². The van der Waals surface area contributed by atoms with E-state index < -0.39 is 0 Å². The molecule has 1 aromatic rings. The molecule has 11 heavy (non-hydrogen) atoms. The third-order valence-electron chi connectivity index (χ3n) is 1.04. The van der Waals surface area contributed by atoms with Crippen LogP contribution in [0.1, 0.15) is 10.5 Å². The number of carbonyl (C=O) groups is 1. The highest BCUT2D eigenvalue weighted by Gasteiger charge is 1.98. The molecule has 0 radical (unpaired) electrons. The fraction of sp³-hybridized carbons (Fsp3) is 0. The summed E-state index contributed by atoms with van der Waals surface area (Å²) in [7, 11) is 0. The molecule has 5 heteroatoms. The van der Waals surface area contributed by atoms with Crippen LogP contribution < -0.4 is 5.73 Å². The first-order valence-electron chi connectivity index (χ1n) is 2.61. The summed E-state index contributed by atoms with van der Waals surface area (Å²) in [5.41, 5.74) is 5.88. The van der Waals surface area contributed by atoms with Crippen molar-refractivity contribution < 1.29 is 4.79 Å². The van der Waals surface area contributed by atoms with Crippen LogP contribution in [0.3, 0.4) is 0 Å². The Labute approximate surface area is 75.0 Å². The highest BCUT2D eigenvalue weighted by atomic mass is 35.5. The van der Waals surface area contributed by atoms with Crippen molar-refractivity contribution in [3.8, 4) is 0 Å². The number of aromatic nitrogens is 1. The van der Waals surface area contributed by atoms with Crippen LogP contribution in [0.2, 0.25) is 5.15 Å². The van der Waals surface area contributed by atoms with E-state index in [1.54, 1.807) is 6.07 Å². The van der Waals surface area contributed by atoms with Crippen molar-refractivity contribution in [1.82, 2.24) is 4.98 Å². The second-order valence-corrected chi connectivity index (χ2v) is 2.11. The molecule has 60 valence electrons. The number of nitrogens with two attached hydrogens (primary N) is 1. The van der Waals surface area contributed by atoms with Crippen molar-refractivity contribution in [1.29, 1.82) is 0 Å². The molecule has 0 atom stereocenters. The van der Waals surface area contributed by atoms with E-state index in [2.05, 4.69) is 4.98 Å². The van der Waals surface area contributed by atoms with E-state index in [9.17, 15) is 4.79 Å². The van der Waals surface area contributed by atoms with Crippen LogP contribution in [-0.4, -0.2) is 11.3 Å². The Morgan fingerprint density at radius 3 is 2.64 bits per heavy atom. The van der Waals surface area contributed by atoms with Crippen LogP contribution in [0.4, 0.5) is 5.69 Å². The fourth-order valence-electron chi connectivity index (χ4n) is 0.555. The average Bonchev–Trinajstić information content (AvgIpc) is 1.94. The Bertz CT molecular complexity index is 265. The van der Waals surface area contributed by atoms with Crippen molar-refractivity contribution >= 4 is 36.0 Å². The van der Waals surface area contributed by atoms with Crippen molar-refractivity contribution in [2.45, 2.75) is 0 Å². The largest absolute Gasteiger partial charge is 0.397 e. The molecular formula is C6H6Cl2N2O. The van der Waals surface area contributed by atoms with Crippen molar-refractivity contribution in [2.24, 2.45) is 0 Å². The molecule has 2 N–H and O–H groups in total. The molecule has 0 aliphatic heterocycles. The summed E-state index contributed by atoms with van der Waals surface area (Å²) in [4.78, 5) is 13.8. The van der Waals surface area contributed by atoms with Crippen molar-refractivity contribution in [3.63, 3.8) is 0 Å². The molecule has 1 rings (SSSR count). The zero-order valence-electron chi connectivity index (χ0n) is 5.45. The number of aldehydes is 1. The summed E-state index contributed by atoms with van der Waals surface area (Å²) in [6.45, 7) is 0. The summed E-state index contributed by atoms with van der Waals surface area (Å²) < 4.78 is 0. The maximum atomic E-state index is 10.2. The minimum absolute atomic E-state index is 0. The Morgan fingerprint density at radius 2 is 2.18 bits per heavy atom. The normalized spacial score (nSPS) is 8.45. The van der Waals surface area contributed by atoms with Gasteiger partial charge >= 0.3 is 0 Å². The number of carbonyl (C=O) groups excluding carboxylic acids is 1. The molecular weight excluding hydrogens is 187 g/mol. The maximum Gasteiger partial charge on any atom is 0.170 e. The quantitative estimate of drug-likeness (QED) is 0.543. The molecule has 0 saturated carbocycles. The van der Waals surface area contributed by atoms with Gasteiger partial charge in [0.05, 0.1) is 5.69 Å². The van der Waals surface area contributed by atoms with Crippen LogP contribution in [0.15, 0.2) is 12.1 Å². The van der Waals surface area contributed by atoms with Crippen molar-refractivity contribution in [3.05, 3.63) is 23.0 Å². The van der Waals surface area contributed by atoms with Gasteiger partial charge in [-0.15, -0.1) is 12.4 Å². The molecule has 0 unspecified atom stereocenters. The first-order chi connectivity index (χ1) is 4.74. The first-order valence-corrected chi connectivity index (χ1v) is 2.99. The molecule has 0 aliphatic rings. The Hall–Kier alpha value is -0.800. The highest BCUT2D eigenvalue weighted by Crippen LogP contribution is 2.10. The zero-order chi connectivity index (χ0) is 7.56. The number of rotatable bonds is 1. The monoisotopic (exact) mass is 192 g/mol. The number of anilines is 1. The second-order valence-electron chi connectivity index (χ2n) is 1.73. The lowest BCUT2D eigenvalue weighted by Gasteiger charge is -1.95. The van der Waals surface area contributed by atoms with Gasteiger partial charge in [0.25, 0.3) is 0 Å². The van der Waals surface area contributed by atoms with Gasteiger partial charge in [0.2, 0.25) is 0 Å². The van der Waals surface area contributed by atoms with Crippen LogP contribution in [0.25, 0.3) is 0 Å². The average molecular weight is 193 g/mol. The van der Waals surface area contributed by atoms with E-state index in [4.69, 9.17) is 17.3 Å². The third kappa shape index (κ3) is 2.37. The van der Waals surface area contributed by atoms with E-state index in [1.165, 1.54) is 6.07 Å². The molecule has 0 bridgehead atoms. The number of hydrogen-bond donors (Lipinski definition) is 1. The summed E-state index contributed by atoms with van der Waals surface area (Å²) in [5, 5.41) is 0.274. The third-order valence-corrected chi connectivity index (χ3v) is 1.25. The molecule has 0 spiro atoms. The lowest BCUT2D eigenvalue weighted by atomic mass is 10.3. The first kappa shape index (κ1) is 10.2. The Kier molecular flexibility index (Phi) is 3.85. The van der Waals surface area contributed by atoms with E-state index in [0.29, 0.717) is 12.0 Å². The lowest BCUT2D eigenvalue weighted by Crippen LogP contribution is -1.95. The van der Waals surface area contributed by atoms with E-state index >= 15 is 0 Å². The Balaban J connectivity index is 0.000001000. The predicted octanol–water partition coefficient (Wildman–Crippen LogP) is 1.55. The van der Waals surface area contributed by atoms with Gasteiger partial charge in [0, 0.05) is 0 Å². The van der Waals surface area contributed by atoms with Gasteiger partial charge in [0.15, 0.2) is 6.29 Å². The maximum absolute atomic E-state index is 10.2. The fourth-order valence-corrected chi connectivity index (χ4v) is 0.709. The molecule has 1 heterocycles. The number of nitrogens with zero attached hydrogens (tertiary/aromatic N) is 1. The number of halogens is 2. The standard InChI is InChI=1S/C6H5ClN2O.ClH/c7-6-2-1-4(8)5(3-10)9-6;/h1-3H,8H2;1H. The van der Waals surface area contributed by atoms with E-state index in [1.807, 2.05) is 0 Å². The Morgan fingerprint density at radius 1 is 1.55 bits per heavy atom. The van der Waals surface area contributed by atoms with Gasteiger partial charge in [0.1, 0.15) is 10.8 Å². The van der Waals surface area contributed by atoms with Gasteiger partial charge in [-0.25, -0.2) is 4.98 Å². The van der Waals surface area contributed by atoms with E-state index in [0.717, 1.165) is 0 Å². The van der Waals surface area contributed by atoms with Crippen LogP contribution in [-0.2, 0) is 0 Å². The van der Waals surface area contributed by atoms with Crippen LogP contribution in [0, 0.1) is 0 Å². The SMILES string of the molecule is Cl.Nc1ccc(Cl)nc1C=O. The summed E-state index contributed by atoms with van der Waals surface area (Å²) >= 11 is 5.47. The molecule has 1 aromatic heterocycles. The van der Waals surface area contributed by atoms with Crippen LogP contribution in [0.5, 0.6) is 0 Å². The highest BCUT2D eigenvalue weighted by molar-refractivity contribution is 6.29. The summed E-state index contributed by atoms with van der Waals surface area (Å²) in [6, 6.07) is 3.07. The predicted molar refractivity (Wildman–Crippen MR) is 46.3 cm³/mol. The smallest absolute Gasteiger partial charge is 0.170 e. The summed E-state index contributed by atoms with van der Waals surface area (Å²) in [6.07, 6.45) is 0.571. The number of nitrogen functional groups attached to an aromatic ring is 1. The minimum atomic E-state index is 0. The second kappa shape index (κ2) is 4.16. The van der Waals surface area contributed by atoms with Crippen molar-refractivity contribution in [2.75, 3.05) is 5.73 Å². The van der Waals surface area contributed by atoms with E-state index in [-0.39, 0.29) is 23.3 Å².